The molecule has 8 heteroatoms. The molecule has 2 unspecified atom stereocenters. The van der Waals surface area contributed by atoms with Crippen LogP contribution in [0.15, 0.2) is 72.8 Å². The Morgan fingerprint density at radius 3 is 2.21 bits per heavy atom. The Balaban J connectivity index is 1.09. The Morgan fingerprint density at radius 2 is 1.58 bits per heavy atom. The molecule has 1 N–H and O–H groups in total. The molecule has 1 heterocycles. The lowest BCUT2D eigenvalue weighted by Gasteiger charge is -2.18. The molecule has 0 bridgehead atoms. The second-order valence-corrected chi connectivity index (χ2v) is 9.41. The first-order valence-electron chi connectivity index (χ1n) is 12.9. The molecule has 198 valence electrons. The van der Waals surface area contributed by atoms with Gasteiger partial charge in [-0.3, -0.25) is 4.84 Å². The minimum absolute atomic E-state index is 0.0454. The number of methoxy groups -OCH3 is 2. The van der Waals surface area contributed by atoms with E-state index in [0.29, 0.717) is 12.8 Å². The van der Waals surface area contributed by atoms with E-state index in [1.165, 1.54) is 7.11 Å². The van der Waals surface area contributed by atoms with Crippen LogP contribution in [0.2, 0.25) is 0 Å². The third-order valence-corrected chi connectivity index (χ3v) is 7.09. The standard InChI is InChI=1S/C30H32N2O6/c1-35-21-16-14-20(15-17-21)28-32(38-28)18-8-7-13-27(29(33)36-2)31-30(34)37-19-26-24-11-5-3-9-22(24)23-10-4-6-12-25(23)26/h3-6,9-12,14-17,26-28H,7-8,13,18-19H2,1-2H3,(H,31,34)/t27-,28?,32?/m0/s1. The van der Waals surface area contributed by atoms with E-state index in [-0.39, 0.29) is 18.8 Å². The number of unbranched alkanes of at least 4 members (excludes halogenated alkanes) is 1. The summed E-state index contributed by atoms with van der Waals surface area (Å²) in [6.07, 6.45) is 1.26. The summed E-state index contributed by atoms with van der Waals surface area (Å²) in [5.41, 5.74) is 5.66. The van der Waals surface area contributed by atoms with Crippen molar-refractivity contribution in [1.29, 1.82) is 0 Å². The average molecular weight is 517 g/mol. The maximum absolute atomic E-state index is 12.7. The molecular formula is C30H32N2O6. The first-order chi connectivity index (χ1) is 18.6. The second-order valence-electron chi connectivity index (χ2n) is 9.41. The van der Waals surface area contributed by atoms with Gasteiger partial charge in [-0.1, -0.05) is 60.7 Å². The van der Waals surface area contributed by atoms with Crippen LogP contribution in [0.1, 0.15) is 48.1 Å². The van der Waals surface area contributed by atoms with E-state index in [1.54, 1.807) is 7.11 Å². The number of hydrogen-bond acceptors (Lipinski definition) is 7. The predicted molar refractivity (Wildman–Crippen MR) is 141 cm³/mol. The number of hydrogen-bond donors (Lipinski definition) is 1. The van der Waals surface area contributed by atoms with Crippen molar-refractivity contribution in [3.63, 3.8) is 0 Å². The lowest BCUT2D eigenvalue weighted by atomic mass is 9.98. The van der Waals surface area contributed by atoms with Gasteiger partial charge in [-0.2, -0.15) is 5.06 Å². The molecule has 5 rings (SSSR count). The highest BCUT2D eigenvalue weighted by molar-refractivity contribution is 5.82. The first kappa shape index (κ1) is 25.8. The Bertz CT molecular complexity index is 1230. The Morgan fingerprint density at radius 1 is 0.921 bits per heavy atom. The van der Waals surface area contributed by atoms with Crippen molar-refractivity contribution in [2.45, 2.75) is 37.5 Å². The fourth-order valence-electron chi connectivity index (χ4n) is 5.06. The van der Waals surface area contributed by atoms with Gasteiger partial charge in [-0.15, -0.1) is 0 Å². The van der Waals surface area contributed by atoms with Crippen molar-refractivity contribution in [3.8, 4) is 16.9 Å². The molecule has 38 heavy (non-hydrogen) atoms. The minimum Gasteiger partial charge on any atom is -0.497 e. The van der Waals surface area contributed by atoms with Crippen LogP contribution in [0, 0.1) is 0 Å². The summed E-state index contributed by atoms with van der Waals surface area (Å²) in [5, 5.41) is 4.59. The SMILES string of the molecule is COC(=O)[C@H](CCCCN1OC1c1ccc(OC)cc1)NC(=O)OCC1c2ccccc2-c2ccccc21. The van der Waals surface area contributed by atoms with Crippen molar-refractivity contribution in [1.82, 2.24) is 10.4 Å². The van der Waals surface area contributed by atoms with Crippen LogP contribution in [0.4, 0.5) is 4.79 Å². The molecular weight excluding hydrogens is 484 g/mol. The van der Waals surface area contributed by atoms with Crippen LogP contribution in [0.25, 0.3) is 11.1 Å². The highest BCUT2D eigenvalue weighted by Gasteiger charge is 2.37. The van der Waals surface area contributed by atoms with Crippen LogP contribution < -0.4 is 10.1 Å². The summed E-state index contributed by atoms with van der Waals surface area (Å²) in [5.74, 6) is 0.271. The maximum Gasteiger partial charge on any atom is 0.407 e. The van der Waals surface area contributed by atoms with Gasteiger partial charge in [0.25, 0.3) is 0 Å². The zero-order valence-electron chi connectivity index (χ0n) is 21.6. The third kappa shape index (κ3) is 5.66. The fraction of sp³-hybridized carbons (Fsp3) is 0.333. The van der Waals surface area contributed by atoms with E-state index in [9.17, 15) is 9.59 Å². The molecule has 1 fully saturated rings. The molecule has 0 saturated carbocycles. The number of nitrogens with one attached hydrogen (secondary N) is 1. The topological polar surface area (TPSA) is 89.4 Å². The lowest BCUT2D eigenvalue weighted by molar-refractivity contribution is -0.143. The summed E-state index contributed by atoms with van der Waals surface area (Å²) in [6, 6.07) is 23.3. The number of hydroxylamine groups is 2. The maximum atomic E-state index is 12.7. The number of benzene rings is 3. The van der Waals surface area contributed by atoms with Gasteiger partial charge in [-0.05, 0) is 59.2 Å². The van der Waals surface area contributed by atoms with Gasteiger partial charge >= 0.3 is 12.1 Å². The Labute approximate surface area is 222 Å². The van der Waals surface area contributed by atoms with E-state index >= 15 is 0 Å². The van der Waals surface area contributed by atoms with E-state index in [2.05, 4.69) is 29.6 Å². The van der Waals surface area contributed by atoms with Crippen LogP contribution in [0.5, 0.6) is 5.75 Å². The highest BCUT2D eigenvalue weighted by Crippen LogP contribution is 2.44. The van der Waals surface area contributed by atoms with Crippen LogP contribution in [0.3, 0.4) is 0 Å². The molecule has 1 saturated heterocycles. The zero-order valence-corrected chi connectivity index (χ0v) is 21.6. The van der Waals surface area contributed by atoms with Crippen molar-refractivity contribution < 1.29 is 28.6 Å². The molecule has 3 aromatic carbocycles. The third-order valence-electron chi connectivity index (χ3n) is 7.09. The lowest BCUT2D eigenvalue weighted by Crippen LogP contribution is -2.42. The molecule has 0 aromatic heterocycles. The molecule has 3 atom stereocenters. The smallest absolute Gasteiger partial charge is 0.407 e. The van der Waals surface area contributed by atoms with Crippen LogP contribution in [-0.2, 0) is 19.1 Å². The van der Waals surface area contributed by atoms with Gasteiger partial charge in [0.15, 0.2) is 6.23 Å². The summed E-state index contributed by atoms with van der Waals surface area (Å²) >= 11 is 0. The molecule has 0 radical (unpaired) electrons. The monoisotopic (exact) mass is 516 g/mol. The number of carbonyl (C=O) groups excluding carboxylic acids is 2. The van der Waals surface area contributed by atoms with Crippen molar-refractivity contribution in [2.75, 3.05) is 27.4 Å². The molecule has 0 spiro atoms. The summed E-state index contributed by atoms with van der Waals surface area (Å²) in [7, 11) is 2.96. The average Bonchev–Trinajstić information content (AvgIpc) is 3.67. The first-order valence-corrected chi connectivity index (χ1v) is 12.9. The second kappa shape index (κ2) is 11.7. The number of carbonyl (C=O) groups is 2. The quantitative estimate of drug-likeness (QED) is 0.213. The highest BCUT2D eigenvalue weighted by atomic mass is 16.8. The molecule has 1 amide bonds. The number of nitrogens with zero attached hydrogens (tertiary/aromatic N) is 1. The predicted octanol–water partition coefficient (Wildman–Crippen LogP) is 5.19. The molecule has 8 nitrogen and oxygen atoms in total. The van der Waals surface area contributed by atoms with Gasteiger partial charge < -0.3 is 19.5 Å². The summed E-state index contributed by atoms with van der Waals surface area (Å²) < 4.78 is 15.7. The fourth-order valence-corrected chi connectivity index (χ4v) is 5.06. The Hall–Kier alpha value is -3.88. The molecule has 1 aliphatic heterocycles. The summed E-state index contributed by atoms with van der Waals surface area (Å²) in [6.45, 7) is 0.905. The van der Waals surface area contributed by atoms with E-state index in [0.717, 1.165) is 46.5 Å². The van der Waals surface area contributed by atoms with Crippen LogP contribution in [-0.4, -0.2) is 50.5 Å². The van der Waals surface area contributed by atoms with Gasteiger partial charge in [0.2, 0.25) is 0 Å². The number of ether oxygens (including phenoxy) is 3. The number of rotatable bonds is 11. The minimum atomic E-state index is -0.775. The largest absolute Gasteiger partial charge is 0.497 e. The van der Waals surface area contributed by atoms with Crippen molar-refractivity contribution in [3.05, 3.63) is 89.5 Å². The Kier molecular flexibility index (Phi) is 7.91. The number of esters is 1. The molecule has 3 aromatic rings. The molecule has 1 aliphatic carbocycles. The normalized spacial score (nSPS) is 18.2. The number of amides is 1. The van der Waals surface area contributed by atoms with Crippen molar-refractivity contribution >= 4 is 12.1 Å². The number of fused-ring (bicyclic) bond motifs is 3. The van der Waals surface area contributed by atoms with Crippen molar-refractivity contribution in [2.24, 2.45) is 0 Å². The van der Waals surface area contributed by atoms with E-state index < -0.39 is 18.1 Å². The van der Waals surface area contributed by atoms with Crippen LogP contribution >= 0.6 is 0 Å². The van der Waals surface area contributed by atoms with Gasteiger partial charge in [0.1, 0.15) is 18.4 Å². The summed E-state index contributed by atoms with van der Waals surface area (Å²) in [4.78, 5) is 30.7. The van der Waals surface area contributed by atoms with E-state index in [4.69, 9.17) is 19.0 Å². The van der Waals surface area contributed by atoms with Gasteiger partial charge in [0, 0.05) is 12.5 Å². The molecule has 2 aliphatic rings. The van der Waals surface area contributed by atoms with E-state index in [1.807, 2.05) is 53.6 Å². The van der Waals surface area contributed by atoms with Gasteiger partial charge in [-0.25, -0.2) is 9.59 Å². The zero-order chi connectivity index (χ0) is 26.5. The van der Waals surface area contributed by atoms with Gasteiger partial charge in [0.05, 0.1) is 14.2 Å². The number of alkyl carbamates (subject to hydrolysis) is 1.